The van der Waals surface area contributed by atoms with Crippen LogP contribution in [0.15, 0.2) is 5.28 Å². The maximum Gasteiger partial charge on any atom is 0.181 e. The van der Waals surface area contributed by atoms with Crippen molar-refractivity contribution < 1.29 is 4.86 Å². The summed E-state index contributed by atoms with van der Waals surface area (Å²) in [5.74, 6) is 0. The van der Waals surface area contributed by atoms with Gasteiger partial charge in [-0.3, -0.25) is 0 Å². The van der Waals surface area contributed by atoms with Crippen LogP contribution < -0.4 is 5.73 Å². The lowest BCUT2D eigenvalue weighted by Crippen LogP contribution is -2.08. The zero-order chi connectivity index (χ0) is 6.41. The molecule has 0 heterocycles. The molecule has 0 aromatic rings. The van der Waals surface area contributed by atoms with Gasteiger partial charge in [-0.05, 0) is 11.8 Å². The van der Waals surface area contributed by atoms with Crippen molar-refractivity contribution in [2.75, 3.05) is 13.1 Å². The van der Waals surface area contributed by atoms with E-state index in [0.29, 0.717) is 13.0 Å². The van der Waals surface area contributed by atoms with E-state index < -0.39 is 0 Å². The Balaban J connectivity index is 3.12. The number of nitrogens with two attached hydrogens (primary N) is 1. The molecule has 0 atom stereocenters. The smallest absolute Gasteiger partial charge is 0.181 e. The fraction of sp³-hybridized carbons (Fsp3) is 1.00. The van der Waals surface area contributed by atoms with E-state index >= 15 is 0 Å². The summed E-state index contributed by atoms with van der Waals surface area (Å²) in [5.41, 5.74) is 5.02. The molecule has 0 saturated heterocycles. The third-order valence-electron chi connectivity index (χ3n) is 0.645. The van der Waals surface area contributed by atoms with Crippen molar-refractivity contribution in [2.24, 2.45) is 11.0 Å². The summed E-state index contributed by atoms with van der Waals surface area (Å²) in [7, 11) is 0. The molecule has 0 aliphatic carbocycles. The quantitative estimate of drug-likeness (QED) is 0.316. The Labute approximate surface area is 47.0 Å². The average Bonchev–Trinajstić information content (AvgIpc) is 1.83. The van der Waals surface area contributed by atoms with Crippen LogP contribution >= 0.6 is 0 Å². The first-order chi connectivity index (χ1) is 3.81. The average molecular weight is 118 g/mol. The van der Waals surface area contributed by atoms with Crippen molar-refractivity contribution in [3.8, 4) is 0 Å². The van der Waals surface area contributed by atoms with Gasteiger partial charge < -0.3 is 16.1 Å². The van der Waals surface area contributed by atoms with Gasteiger partial charge in [0.05, 0.1) is 0 Å². The summed E-state index contributed by atoms with van der Waals surface area (Å²) in [6.45, 7) is 0.508. The molecule has 0 aliphatic heterocycles. The van der Waals surface area contributed by atoms with Gasteiger partial charge in [0.15, 0.2) is 6.54 Å². The van der Waals surface area contributed by atoms with Crippen molar-refractivity contribution in [1.29, 1.82) is 0 Å². The SMILES string of the molecule is NCCC[N+]([O-])=N[O-]. The van der Waals surface area contributed by atoms with Gasteiger partial charge in [-0.2, -0.15) is 0 Å². The topological polar surface area (TPSA) is 87.5 Å². The number of hydrogen-bond acceptors (Lipinski definition) is 4. The highest BCUT2D eigenvalue weighted by molar-refractivity contribution is 4.32. The van der Waals surface area contributed by atoms with Gasteiger partial charge in [-0.25, -0.2) is 0 Å². The predicted octanol–water partition coefficient (Wildman–Crippen LogP) is -0.204. The van der Waals surface area contributed by atoms with Crippen LogP contribution in [0.5, 0.6) is 0 Å². The minimum absolute atomic E-state index is 0.0762. The van der Waals surface area contributed by atoms with E-state index in [0.717, 1.165) is 0 Å². The van der Waals surface area contributed by atoms with Crippen LogP contribution in [0.25, 0.3) is 0 Å². The van der Waals surface area contributed by atoms with E-state index in [1.807, 2.05) is 0 Å². The first-order valence-electron chi connectivity index (χ1n) is 2.29. The van der Waals surface area contributed by atoms with Gasteiger partial charge in [0.2, 0.25) is 0 Å². The number of hydrogen-bond donors (Lipinski definition) is 1. The summed E-state index contributed by atoms with van der Waals surface area (Å²) in [6, 6.07) is 0. The fourth-order valence-corrected chi connectivity index (χ4v) is 0.267. The van der Waals surface area contributed by atoms with E-state index in [1.54, 1.807) is 0 Å². The normalized spacial score (nSPS) is 11.9. The van der Waals surface area contributed by atoms with Crippen molar-refractivity contribution >= 4 is 0 Å². The second kappa shape index (κ2) is 4.32. The zero-order valence-electron chi connectivity index (χ0n) is 4.41. The highest BCUT2D eigenvalue weighted by Crippen LogP contribution is 1.77. The van der Waals surface area contributed by atoms with Gasteiger partial charge in [0.1, 0.15) is 0 Å². The molecule has 0 rings (SSSR count). The predicted molar refractivity (Wildman–Crippen MR) is 28.0 cm³/mol. The Morgan fingerprint density at radius 3 is 2.62 bits per heavy atom. The fourth-order valence-electron chi connectivity index (χ4n) is 0.267. The van der Waals surface area contributed by atoms with Gasteiger partial charge in [0, 0.05) is 6.42 Å². The van der Waals surface area contributed by atoms with E-state index in [-0.39, 0.29) is 11.4 Å². The Kier molecular flexibility index (Phi) is 3.87. The first-order valence-corrected chi connectivity index (χ1v) is 2.29. The maximum atomic E-state index is 9.95. The molecule has 0 bridgehead atoms. The Morgan fingerprint density at radius 1 is 1.62 bits per heavy atom. The summed E-state index contributed by atoms with van der Waals surface area (Å²) in [5, 5.41) is 21.4. The van der Waals surface area contributed by atoms with Gasteiger partial charge in [-0.1, -0.05) is 4.86 Å². The number of hydroxylamine groups is 1. The Hall–Kier alpha value is -0.840. The summed E-state index contributed by atoms with van der Waals surface area (Å²) < 4.78 is 0. The second-order valence-electron chi connectivity index (χ2n) is 1.30. The van der Waals surface area contributed by atoms with Crippen LogP contribution in [0.3, 0.4) is 0 Å². The van der Waals surface area contributed by atoms with E-state index in [4.69, 9.17) is 5.73 Å². The van der Waals surface area contributed by atoms with Crippen LogP contribution in [0.1, 0.15) is 6.42 Å². The molecular weight excluding hydrogens is 110 g/mol. The largest absolute Gasteiger partial charge is 0.739 e. The van der Waals surface area contributed by atoms with Crippen LogP contribution in [0, 0.1) is 10.4 Å². The molecule has 0 saturated carbocycles. The summed E-state index contributed by atoms with van der Waals surface area (Å²) >= 11 is 0. The van der Waals surface area contributed by atoms with E-state index in [1.165, 1.54) is 0 Å². The van der Waals surface area contributed by atoms with Gasteiger partial charge >= 0.3 is 0 Å². The van der Waals surface area contributed by atoms with Crippen molar-refractivity contribution in [3.05, 3.63) is 10.4 Å². The molecule has 8 heavy (non-hydrogen) atoms. The molecule has 0 fully saturated rings. The van der Waals surface area contributed by atoms with E-state index in [9.17, 15) is 10.4 Å². The summed E-state index contributed by atoms with van der Waals surface area (Å²) in [6.07, 6.45) is 0.509. The second-order valence-corrected chi connectivity index (χ2v) is 1.30. The monoisotopic (exact) mass is 118 g/mol. The maximum absolute atomic E-state index is 9.95. The Morgan fingerprint density at radius 2 is 2.25 bits per heavy atom. The Bertz CT molecular complexity index is 82.6. The molecular formula is C3H8N3O2-. The van der Waals surface area contributed by atoms with Crippen LogP contribution in [-0.2, 0) is 0 Å². The highest BCUT2D eigenvalue weighted by Gasteiger charge is 1.87. The molecule has 5 heteroatoms. The molecule has 0 unspecified atom stereocenters. The van der Waals surface area contributed by atoms with Crippen LogP contribution in [0.4, 0.5) is 0 Å². The molecule has 48 valence electrons. The molecule has 0 aliphatic rings. The minimum Gasteiger partial charge on any atom is -0.739 e. The zero-order valence-corrected chi connectivity index (χ0v) is 4.41. The lowest BCUT2D eigenvalue weighted by Gasteiger charge is -1.98. The van der Waals surface area contributed by atoms with Crippen molar-refractivity contribution in [3.63, 3.8) is 0 Å². The summed E-state index contributed by atoms with van der Waals surface area (Å²) in [4.78, 5) is 0.0762. The van der Waals surface area contributed by atoms with Crippen molar-refractivity contribution in [2.45, 2.75) is 6.42 Å². The third kappa shape index (κ3) is 3.35. The molecule has 0 amide bonds. The highest BCUT2D eigenvalue weighted by atomic mass is 16.6. The van der Waals surface area contributed by atoms with Crippen LogP contribution in [-0.4, -0.2) is 18.0 Å². The van der Waals surface area contributed by atoms with Crippen LogP contribution in [0.2, 0.25) is 0 Å². The number of nitrogens with zero attached hydrogens (tertiary/aromatic N) is 2. The van der Waals surface area contributed by atoms with Gasteiger partial charge in [0.25, 0.3) is 0 Å². The molecule has 0 aromatic heterocycles. The number of rotatable bonds is 3. The molecule has 2 N–H and O–H groups in total. The molecule has 0 aromatic carbocycles. The molecule has 5 nitrogen and oxygen atoms in total. The van der Waals surface area contributed by atoms with E-state index in [2.05, 4.69) is 5.28 Å². The lowest BCUT2D eigenvalue weighted by atomic mass is 10.4. The standard InChI is InChI=1S/C3H9N3O2/c4-2-1-3-6(8)5-7/h7H,1-4H2/p-1. The minimum atomic E-state index is 0.0762. The lowest BCUT2D eigenvalue weighted by molar-refractivity contribution is -0.525. The molecule has 0 spiro atoms. The first kappa shape index (κ1) is 7.16. The van der Waals surface area contributed by atoms with Crippen molar-refractivity contribution in [1.82, 2.24) is 0 Å². The molecule has 0 radical (unpaired) electrons. The van der Waals surface area contributed by atoms with Gasteiger partial charge in [-0.15, -0.1) is 0 Å². The third-order valence-corrected chi connectivity index (χ3v) is 0.645.